The number of hydrogen-bond donors (Lipinski definition) is 0. The number of hydrogen-bond acceptors (Lipinski definition) is 6. The van der Waals surface area contributed by atoms with Crippen molar-refractivity contribution in [3.05, 3.63) is 182 Å². The Morgan fingerprint density at radius 1 is 0.260 bits per heavy atom. The third kappa shape index (κ3) is 61.2. The fraction of sp³-hybridized carbons (Fsp3) is 0.535. The van der Waals surface area contributed by atoms with Crippen LogP contribution in [0.25, 0.3) is 0 Å². The second kappa shape index (κ2) is 63.0. The van der Waals surface area contributed by atoms with Crippen LogP contribution in [0.1, 0.15) is 226 Å². The maximum absolute atomic E-state index is 12.9. The van der Waals surface area contributed by atoms with Crippen molar-refractivity contribution in [2.45, 2.75) is 232 Å². The van der Waals surface area contributed by atoms with Crippen LogP contribution in [0.15, 0.2) is 182 Å². The molecule has 428 valence electrons. The molecule has 0 aromatic rings. The number of ether oxygens (including phenoxy) is 3. The summed E-state index contributed by atoms with van der Waals surface area (Å²) in [6.07, 6.45) is 94.7. The summed E-state index contributed by atoms with van der Waals surface area (Å²) in [7, 11) is 0. The van der Waals surface area contributed by atoms with E-state index >= 15 is 0 Å². The lowest BCUT2D eigenvalue weighted by atomic mass is 10.1. The van der Waals surface area contributed by atoms with Gasteiger partial charge in [0, 0.05) is 19.3 Å². The van der Waals surface area contributed by atoms with Crippen molar-refractivity contribution >= 4 is 17.9 Å². The Balaban J connectivity index is 4.52. The van der Waals surface area contributed by atoms with Crippen LogP contribution in [-0.2, 0) is 28.6 Å². The van der Waals surface area contributed by atoms with Crippen LogP contribution in [0.4, 0.5) is 0 Å². The van der Waals surface area contributed by atoms with Crippen molar-refractivity contribution in [3.8, 4) is 0 Å². The minimum Gasteiger partial charge on any atom is -0.462 e. The molecular weight excluding hydrogens is 949 g/mol. The topological polar surface area (TPSA) is 78.9 Å². The van der Waals surface area contributed by atoms with Gasteiger partial charge in [-0.2, -0.15) is 0 Å². The molecule has 0 radical (unpaired) electrons. The molecule has 0 saturated carbocycles. The van der Waals surface area contributed by atoms with E-state index < -0.39 is 6.10 Å². The minimum absolute atomic E-state index is 0.128. The highest BCUT2D eigenvalue weighted by Crippen LogP contribution is 2.13. The van der Waals surface area contributed by atoms with Gasteiger partial charge in [0.1, 0.15) is 13.2 Å². The van der Waals surface area contributed by atoms with E-state index in [1.165, 1.54) is 19.3 Å². The summed E-state index contributed by atoms with van der Waals surface area (Å²) < 4.78 is 16.8. The summed E-state index contributed by atoms with van der Waals surface area (Å²) in [5, 5.41) is 0. The van der Waals surface area contributed by atoms with Gasteiger partial charge < -0.3 is 14.2 Å². The molecule has 0 amide bonds. The van der Waals surface area contributed by atoms with Gasteiger partial charge in [0.05, 0.1) is 0 Å². The Morgan fingerprint density at radius 3 is 0.805 bits per heavy atom. The van der Waals surface area contributed by atoms with E-state index in [-0.39, 0.29) is 44.0 Å². The lowest BCUT2D eigenvalue weighted by Gasteiger charge is -2.18. The van der Waals surface area contributed by atoms with Gasteiger partial charge in [-0.15, -0.1) is 0 Å². The predicted octanol–water partition coefficient (Wildman–Crippen LogP) is 20.9. The normalized spacial score (nSPS) is 13.4. The predicted molar refractivity (Wildman–Crippen MR) is 334 cm³/mol. The average molecular weight is 1060 g/mol. The number of carbonyl (C=O) groups excluding carboxylic acids is 3. The largest absolute Gasteiger partial charge is 0.462 e. The van der Waals surface area contributed by atoms with E-state index in [0.717, 1.165) is 161 Å². The van der Waals surface area contributed by atoms with E-state index in [1.54, 1.807) is 0 Å². The molecule has 0 aliphatic rings. The van der Waals surface area contributed by atoms with E-state index in [4.69, 9.17) is 14.2 Å². The van der Waals surface area contributed by atoms with Crippen molar-refractivity contribution in [1.82, 2.24) is 0 Å². The Hall–Kier alpha value is -5.49. The molecule has 0 bridgehead atoms. The molecule has 0 aromatic carbocycles. The lowest BCUT2D eigenvalue weighted by molar-refractivity contribution is -0.166. The molecule has 6 nitrogen and oxygen atoms in total. The van der Waals surface area contributed by atoms with Crippen LogP contribution in [-0.4, -0.2) is 37.2 Å². The molecule has 1 atom stereocenters. The minimum atomic E-state index is -0.836. The highest BCUT2D eigenvalue weighted by molar-refractivity contribution is 5.71. The second-order valence-corrected chi connectivity index (χ2v) is 19.1. The Kier molecular flexibility index (Phi) is 58.6. The Labute approximate surface area is 472 Å². The van der Waals surface area contributed by atoms with Gasteiger partial charge >= 0.3 is 17.9 Å². The summed E-state index contributed by atoms with van der Waals surface area (Å²) in [5.74, 6) is -1.06. The molecule has 0 saturated heterocycles. The first-order valence-electron chi connectivity index (χ1n) is 30.3. The average Bonchev–Trinajstić information content (AvgIpc) is 3.43. The molecule has 0 N–H and O–H groups in total. The molecule has 0 aliphatic heterocycles. The van der Waals surface area contributed by atoms with Crippen molar-refractivity contribution in [1.29, 1.82) is 0 Å². The van der Waals surface area contributed by atoms with Crippen LogP contribution < -0.4 is 0 Å². The van der Waals surface area contributed by atoms with Crippen LogP contribution in [0, 0.1) is 0 Å². The molecule has 0 spiro atoms. The van der Waals surface area contributed by atoms with Crippen LogP contribution in [0.3, 0.4) is 0 Å². The van der Waals surface area contributed by atoms with Crippen molar-refractivity contribution < 1.29 is 28.6 Å². The van der Waals surface area contributed by atoms with Gasteiger partial charge in [-0.1, -0.05) is 248 Å². The van der Waals surface area contributed by atoms with E-state index in [0.29, 0.717) is 12.8 Å². The van der Waals surface area contributed by atoms with Crippen molar-refractivity contribution in [3.63, 3.8) is 0 Å². The quantitative estimate of drug-likeness (QED) is 0.0261. The Morgan fingerprint density at radius 2 is 0.494 bits per heavy atom. The summed E-state index contributed by atoms with van der Waals surface area (Å²) in [4.78, 5) is 38.2. The smallest absolute Gasteiger partial charge is 0.306 e. The van der Waals surface area contributed by atoms with Gasteiger partial charge in [0.25, 0.3) is 0 Å². The molecule has 0 fully saturated rings. The van der Waals surface area contributed by atoms with Crippen molar-refractivity contribution in [2.24, 2.45) is 0 Å². The van der Waals surface area contributed by atoms with Gasteiger partial charge in [-0.05, 0) is 141 Å². The Bertz CT molecular complexity index is 1840. The monoisotopic (exact) mass is 1060 g/mol. The van der Waals surface area contributed by atoms with Crippen molar-refractivity contribution in [2.75, 3.05) is 13.2 Å². The number of esters is 3. The van der Waals surface area contributed by atoms with Crippen LogP contribution >= 0.6 is 0 Å². The molecule has 0 heterocycles. The molecule has 0 aromatic heterocycles. The third-order valence-corrected chi connectivity index (χ3v) is 11.9. The van der Waals surface area contributed by atoms with E-state index in [1.807, 2.05) is 12.2 Å². The molecule has 77 heavy (non-hydrogen) atoms. The van der Waals surface area contributed by atoms with Crippen LogP contribution in [0.5, 0.6) is 0 Å². The summed E-state index contributed by atoms with van der Waals surface area (Å²) in [6.45, 7) is 6.18. The lowest BCUT2D eigenvalue weighted by Crippen LogP contribution is -2.30. The van der Waals surface area contributed by atoms with Crippen LogP contribution in [0.2, 0.25) is 0 Å². The zero-order chi connectivity index (χ0) is 55.7. The summed E-state index contributed by atoms with van der Waals surface area (Å²) in [6, 6.07) is 0. The molecule has 0 rings (SSSR count). The maximum Gasteiger partial charge on any atom is 0.306 e. The van der Waals surface area contributed by atoms with E-state index in [9.17, 15) is 14.4 Å². The molecular formula is C71H108O6. The summed E-state index contributed by atoms with van der Waals surface area (Å²) in [5.41, 5.74) is 0. The number of unbranched alkanes of at least 4 members (excludes halogenated alkanes) is 11. The highest BCUT2D eigenvalue weighted by Gasteiger charge is 2.19. The SMILES string of the molecule is CC/C=C\C/C=C\C/C=C\C/C=C\C/C=C\C/C=C\CCCCCCC(=O)OCC(COC(=O)CC/C=C\C/C=C\C/C=C\C/C=C\CC)OC(=O)CCCCCCCCC/C=C\C/C=C\C/C=C\C/C=C\C/C=C\CC. The number of allylic oxidation sites excluding steroid dienone is 30. The molecule has 6 heteroatoms. The zero-order valence-electron chi connectivity index (χ0n) is 48.9. The van der Waals surface area contributed by atoms with Gasteiger partial charge in [0.15, 0.2) is 6.10 Å². The fourth-order valence-corrected chi connectivity index (χ4v) is 7.48. The second-order valence-electron chi connectivity index (χ2n) is 19.1. The number of carbonyl (C=O) groups is 3. The standard InChI is InChI=1S/C71H108O6/c1-4-7-10-13-16-19-22-25-27-29-31-33-35-37-39-41-43-46-49-52-55-58-61-64-70(73)76-67-68(66-75-69(72)63-60-57-54-51-48-45-24-21-18-15-12-9-6-3)77-71(74)65-62-59-56-53-50-47-44-42-40-38-36-34-32-30-28-26-23-20-17-14-11-8-5-2/h7-12,16-21,25-28,31-34,37-40,43,45-46,48,54,57,68H,4-6,13-15,22-24,29-30,35-36,41-42,44,47,49-53,55-56,58-67H2,1-3H3/b10-7-,11-8-,12-9-,19-16-,20-17-,21-18-,27-25-,28-26-,33-31-,34-32-,39-37-,40-38-,46-43-,48-45-,57-54-. The summed E-state index contributed by atoms with van der Waals surface area (Å²) >= 11 is 0. The van der Waals surface area contributed by atoms with Gasteiger partial charge in [-0.3, -0.25) is 14.4 Å². The van der Waals surface area contributed by atoms with Gasteiger partial charge in [0.2, 0.25) is 0 Å². The molecule has 0 aliphatic carbocycles. The highest BCUT2D eigenvalue weighted by atomic mass is 16.6. The first-order chi connectivity index (χ1) is 38.0. The fourth-order valence-electron chi connectivity index (χ4n) is 7.48. The first-order valence-corrected chi connectivity index (χ1v) is 30.3. The van der Waals surface area contributed by atoms with Gasteiger partial charge in [-0.25, -0.2) is 0 Å². The zero-order valence-corrected chi connectivity index (χ0v) is 48.9. The third-order valence-electron chi connectivity index (χ3n) is 11.9. The molecule has 1 unspecified atom stereocenters. The first kappa shape index (κ1) is 71.5. The van der Waals surface area contributed by atoms with E-state index in [2.05, 4.69) is 191 Å². The number of rotatable bonds is 52. The maximum atomic E-state index is 12.9.